The molecule has 0 spiro atoms. The highest BCUT2D eigenvalue weighted by Gasteiger charge is 1.93. The smallest absolute Gasteiger partial charge is 0.118 e. The van der Waals surface area contributed by atoms with Gasteiger partial charge < -0.3 is 16.2 Å². The van der Waals surface area contributed by atoms with Gasteiger partial charge in [-0.3, -0.25) is 0 Å². The van der Waals surface area contributed by atoms with E-state index in [1.807, 2.05) is 0 Å². The van der Waals surface area contributed by atoms with Gasteiger partial charge in [0.05, 0.1) is 13.7 Å². The Kier molecular flexibility index (Phi) is 4.79. The van der Waals surface area contributed by atoms with Gasteiger partial charge in [0.2, 0.25) is 0 Å². The molecule has 4 heteroatoms. The lowest BCUT2D eigenvalue weighted by atomic mass is 10.3. The summed E-state index contributed by atoms with van der Waals surface area (Å²) in [5.41, 5.74) is 10.9. The van der Waals surface area contributed by atoms with Crippen molar-refractivity contribution in [1.82, 2.24) is 0 Å². The number of ether oxygens (including phenoxy) is 1. The van der Waals surface area contributed by atoms with E-state index in [0.717, 1.165) is 6.08 Å². The van der Waals surface area contributed by atoms with Gasteiger partial charge in [0.1, 0.15) is 11.6 Å². The number of rotatable bonds is 4. The molecule has 0 aliphatic rings. The van der Waals surface area contributed by atoms with Crippen LogP contribution in [-0.4, -0.2) is 13.7 Å². The highest BCUT2D eigenvalue weighted by Crippen LogP contribution is 2.01. The molecule has 0 aromatic rings. The van der Waals surface area contributed by atoms with Crippen LogP contribution in [0, 0.1) is 0 Å². The Morgan fingerprint density at radius 3 is 2.50 bits per heavy atom. The van der Waals surface area contributed by atoms with E-state index in [2.05, 4.69) is 6.58 Å². The molecule has 0 saturated carbocycles. The zero-order valence-corrected chi connectivity index (χ0v) is 7.01. The summed E-state index contributed by atoms with van der Waals surface area (Å²) in [4.78, 5) is 0. The van der Waals surface area contributed by atoms with Crippen molar-refractivity contribution in [3.05, 3.63) is 36.0 Å². The molecule has 0 fully saturated rings. The van der Waals surface area contributed by atoms with Crippen molar-refractivity contribution in [2.45, 2.75) is 0 Å². The summed E-state index contributed by atoms with van der Waals surface area (Å²) in [5.74, 6) is -0.110. The van der Waals surface area contributed by atoms with E-state index in [1.165, 1.54) is 13.2 Å². The molecule has 3 nitrogen and oxygen atoms in total. The van der Waals surface area contributed by atoms with Gasteiger partial charge in [-0.15, -0.1) is 0 Å². The Labute approximate surface area is 71.2 Å². The largest absolute Gasteiger partial charge is 0.500 e. The molecule has 0 atom stereocenters. The third-order valence-corrected chi connectivity index (χ3v) is 1.11. The maximum Gasteiger partial charge on any atom is 0.118 e. The van der Waals surface area contributed by atoms with Crippen molar-refractivity contribution >= 4 is 0 Å². The SMILES string of the molecule is C=C(F)/C=C(N)\C=C(/CN)OC. The number of hydrogen-bond donors (Lipinski definition) is 2. The summed E-state index contributed by atoms with van der Waals surface area (Å²) in [6.07, 6.45) is 2.54. The highest BCUT2D eigenvalue weighted by atomic mass is 19.1. The second-order valence-corrected chi connectivity index (χ2v) is 2.11. The van der Waals surface area contributed by atoms with Crippen molar-refractivity contribution in [3.8, 4) is 0 Å². The van der Waals surface area contributed by atoms with Crippen LogP contribution in [0.25, 0.3) is 0 Å². The molecular weight excluding hydrogens is 159 g/mol. The van der Waals surface area contributed by atoms with Crippen LogP contribution in [0.4, 0.5) is 4.39 Å². The number of methoxy groups -OCH3 is 1. The molecule has 0 radical (unpaired) electrons. The topological polar surface area (TPSA) is 61.3 Å². The quantitative estimate of drug-likeness (QED) is 0.487. The lowest BCUT2D eigenvalue weighted by Crippen LogP contribution is -2.06. The minimum absolute atomic E-state index is 0.226. The maximum atomic E-state index is 12.2. The number of allylic oxidation sites excluding steroid dienone is 3. The van der Waals surface area contributed by atoms with E-state index in [9.17, 15) is 4.39 Å². The average molecular weight is 172 g/mol. The number of nitrogens with two attached hydrogens (primary N) is 2. The molecule has 0 amide bonds. The average Bonchev–Trinajstić information content (AvgIpc) is 1.98. The van der Waals surface area contributed by atoms with Crippen LogP contribution < -0.4 is 11.5 Å². The summed E-state index contributed by atoms with van der Waals surface area (Å²) in [6.45, 7) is 3.26. The molecule has 12 heavy (non-hydrogen) atoms. The van der Waals surface area contributed by atoms with Gasteiger partial charge in [-0.25, -0.2) is 4.39 Å². The lowest BCUT2D eigenvalue weighted by Gasteiger charge is -2.01. The van der Waals surface area contributed by atoms with Gasteiger partial charge in [0.25, 0.3) is 0 Å². The van der Waals surface area contributed by atoms with E-state index in [-0.39, 0.29) is 12.2 Å². The van der Waals surface area contributed by atoms with E-state index < -0.39 is 5.83 Å². The van der Waals surface area contributed by atoms with Crippen molar-refractivity contribution in [1.29, 1.82) is 0 Å². The Balaban J connectivity index is 4.39. The van der Waals surface area contributed by atoms with Crippen LogP contribution in [0.5, 0.6) is 0 Å². The molecule has 0 unspecified atom stereocenters. The van der Waals surface area contributed by atoms with Crippen molar-refractivity contribution in [2.24, 2.45) is 11.5 Å². The van der Waals surface area contributed by atoms with Crippen LogP contribution in [0.1, 0.15) is 0 Å². The molecule has 0 bridgehead atoms. The van der Waals surface area contributed by atoms with E-state index in [0.29, 0.717) is 5.76 Å². The Morgan fingerprint density at radius 1 is 1.58 bits per heavy atom. The monoisotopic (exact) mass is 172 g/mol. The van der Waals surface area contributed by atoms with Gasteiger partial charge in [0.15, 0.2) is 0 Å². The van der Waals surface area contributed by atoms with Crippen LogP contribution in [0.3, 0.4) is 0 Å². The third-order valence-electron chi connectivity index (χ3n) is 1.11. The fraction of sp³-hybridized carbons (Fsp3) is 0.250. The van der Waals surface area contributed by atoms with Crippen molar-refractivity contribution < 1.29 is 9.13 Å². The predicted molar refractivity (Wildman–Crippen MR) is 46.7 cm³/mol. The van der Waals surface area contributed by atoms with E-state index in [4.69, 9.17) is 16.2 Å². The molecule has 0 aromatic heterocycles. The van der Waals surface area contributed by atoms with Crippen molar-refractivity contribution in [3.63, 3.8) is 0 Å². The normalized spacial score (nSPS) is 12.9. The maximum absolute atomic E-state index is 12.2. The molecule has 0 saturated heterocycles. The Hall–Kier alpha value is -1.29. The van der Waals surface area contributed by atoms with E-state index in [1.54, 1.807) is 0 Å². The van der Waals surface area contributed by atoms with Gasteiger partial charge >= 0.3 is 0 Å². The fourth-order valence-corrected chi connectivity index (χ4v) is 0.610. The first-order valence-electron chi connectivity index (χ1n) is 3.36. The first-order valence-corrected chi connectivity index (χ1v) is 3.36. The Morgan fingerprint density at radius 2 is 2.17 bits per heavy atom. The van der Waals surface area contributed by atoms with Gasteiger partial charge in [-0.05, 0) is 6.08 Å². The second-order valence-electron chi connectivity index (χ2n) is 2.11. The van der Waals surface area contributed by atoms with Gasteiger partial charge in [0, 0.05) is 11.8 Å². The molecule has 0 aliphatic carbocycles. The molecule has 0 heterocycles. The first-order chi connectivity index (χ1) is 5.60. The molecule has 68 valence electrons. The zero-order chi connectivity index (χ0) is 9.56. The third kappa shape index (κ3) is 4.51. The summed E-state index contributed by atoms with van der Waals surface area (Å²) in [6, 6.07) is 0. The van der Waals surface area contributed by atoms with Gasteiger partial charge in [-0.2, -0.15) is 0 Å². The first kappa shape index (κ1) is 10.7. The van der Waals surface area contributed by atoms with Crippen LogP contribution in [-0.2, 0) is 4.74 Å². The highest BCUT2D eigenvalue weighted by molar-refractivity contribution is 5.24. The lowest BCUT2D eigenvalue weighted by molar-refractivity contribution is 0.286. The fourth-order valence-electron chi connectivity index (χ4n) is 0.610. The molecule has 0 rings (SSSR count). The minimum Gasteiger partial charge on any atom is -0.500 e. The van der Waals surface area contributed by atoms with Crippen LogP contribution >= 0.6 is 0 Å². The Bertz CT molecular complexity index is 215. The second kappa shape index (κ2) is 5.37. The number of hydrogen-bond acceptors (Lipinski definition) is 3. The van der Waals surface area contributed by atoms with Crippen LogP contribution in [0.2, 0.25) is 0 Å². The molecule has 4 N–H and O–H groups in total. The minimum atomic E-state index is -0.601. The number of halogens is 1. The molecule has 0 aliphatic heterocycles. The standard InChI is InChI=1S/C8H13FN2O/c1-6(9)3-7(11)4-8(5-10)12-2/h3-4H,1,5,10-11H2,2H3/b7-3+,8-4+. The summed E-state index contributed by atoms with van der Waals surface area (Å²) >= 11 is 0. The summed E-state index contributed by atoms with van der Waals surface area (Å²) in [5, 5.41) is 0. The summed E-state index contributed by atoms with van der Waals surface area (Å²) in [7, 11) is 1.47. The summed E-state index contributed by atoms with van der Waals surface area (Å²) < 4.78 is 17.0. The zero-order valence-electron chi connectivity index (χ0n) is 7.01. The van der Waals surface area contributed by atoms with Crippen LogP contribution in [0.15, 0.2) is 36.0 Å². The van der Waals surface area contributed by atoms with Gasteiger partial charge in [-0.1, -0.05) is 6.58 Å². The van der Waals surface area contributed by atoms with E-state index >= 15 is 0 Å². The molecular formula is C8H13FN2O. The molecule has 0 aromatic carbocycles. The predicted octanol–water partition coefficient (Wildman–Crippen LogP) is 0.801. The van der Waals surface area contributed by atoms with Crippen molar-refractivity contribution in [2.75, 3.05) is 13.7 Å².